The van der Waals surface area contributed by atoms with Gasteiger partial charge < -0.3 is 14.8 Å². The molecule has 1 aliphatic heterocycles. The highest BCUT2D eigenvalue weighted by molar-refractivity contribution is 7.90. The van der Waals surface area contributed by atoms with Gasteiger partial charge in [-0.25, -0.2) is 13.4 Å². The second kappa shape index (κ2) is 8.50. The van der Waals surface area contributed by atoms with Gasteiger partial charge in [0.25, 0.3) is 0 Å². The van der Waals surface area contributed by atoms with Crippen molar-refractivity contribution in [1.29, 1.82) is 0 Å². The van der Waals surface area contributed by atoms with Gasteiger partial charge in [0.15, 0.2) is 5.96 Å². The van der Waals surface area contributed by atoms with Crippen molar-refractivity contribution in [1.82, 2.24) is 19.8 Å². The topological polar surface area (TPSA) is 79.6 Å². The second-order valence-electron chi connectivity index (χ2n) is 6.51. The summed E-state index contributed by atoms with van der Waals surface area (Å²) in [7, 11) is -2.92. The monoisotopic (exact) mass is 355 g/mol. The number of aliphatic imine (C=N–C) groups is 1. The summed E-state index contributed by atoms with van der Waals surface area (Å²) in [5.74, 6) is 1.65. The highest BCUT2D eigenvalue weighted by Crippen LogP contribution is 2.27. The Bertz CT molecular complexity index is 627. The maximum atomic E-state index is 11.2. The minimum absolute atomic E-state index is 0.185. The van der Waals surface area contributed by atoms with Gasteiger partial charge in [-0.3, -0.25) is 4.99 Å². The molecular weight excluding hydrogens is 326 g/mol. The molecule has 1 fully saturated rings. The van der Waals surface area contributed by atoms with E-state index < -0.39 is 9.84 Å². The Kier molecular flexibility index (Phi) is 6.65. The van der Waals surface area contributed by atoms with Crippen molar-refractivity contribution in [2.24, 2.45) is 10.9 Å². The smallest absolute Gasteiger partial charge is 0.193 e. The van der Waals surface area contributed by atoms with Crippen molar-refractivity contribution in [3.05, 3.63) is 18.7 Å². The van der Waals surface area contributed by atoms with Crippen molar-refractivity contribution in [3.63, 3.8) is 0 Å². The van der Waals surface area contributed by atoms with Crippen LogP contribution in [-0.4, -0.2) is 67.0 Å². The van der Waals surface area contributed by atoms with E-state index in [2.05, 4.69) is 31.7 Å². The first-order valence-corrected chi connectivity index (χ1v) is 10.6. The third-order valence-corrected chi connectivity index (χ3v) is 5.43. The molecule has 0 bridgehead atoms. The quantitative estimate of drug-likeness (QED) is 0.471. The normalized spacial score (nSPS) is 22.6. The standard InChI is InChI=1S/C16H29N5O2S/c1-4-18-16(19-7-5-11-24(3,22)23)20-9-6-14(2)15(12-20)21-10-8-17-13-21/h8,10,13-15H,4-7,9,11-12H2,1-3H3,(H,18,19). The van der Waals surface area contributed by atoms with E-state index in [1.807, 2.05) is 25.6 Å². The summed E-state index contributed by atoms with van der Waals surface area (Å²) in [4.78, 5) is 11.1. The predicted octanol–water partition coefficient (Wildman–Crippen LogP) is 1.17. The molecule has 2 heterocycles. The largest absolute Gasteiger partial charge is 0.357 e. The third-order valence-electron chi connectivity index (χ3n) is 4.40. The molecular formula is C16H29N5O2S. The van der Waals surface area contributed by atoms with E-state index in [0.717, 1.165) is 32.0 Å². The minimum Gasteiger partial charge on any atom is -0.357 e. The average molecular weight is 356 g/mol. The summed E-state index contributed by atoms with van der Waals surface area (Å²) in [6.45, 7) is 7.49. The molecule has 0 aliphatic carbocycles. The molecule has 24 heavy (non-hydrogen) atoms. The van der Waals surface area contributed by atoms with Gasteiger partial charge >= 0.3 is 0 Å². The molecule has 1 N–H and O–H groups in total. The number of imidazole rings is 1. The Morgan fingerprint density at radius 3 is 2.88 bits per heavy atom. The van der Waals surface area contributed by atoms with E-state index in [4.69, 9.17) is 0 Å². The van der Waals surface area contributed by atoms with Crippen LogP contribution < -0.4 is 5.32 Å². The Balaban J connectivity index is 2.01. The number of sulfone groups is 1. The Morgan fingerprint density at radius 2 is 2.25 bits per heavy atom. The summed E-state index contributed by atoms with van der Waals surface area (Å²) in [5.41, 5.74) is 0. The van der Waals surface area contributed by atoms with Crippen LogP contribution in [0.1, 0.15) is 32.7 Å². The number of rotatable bonds is 6. The Labute approximate surface area is 145 Å². The fraction of sp³-hybridized carbons (Fsp3) is 0.750. The summed E-state index contributed by atoms with van der Waals surface area (Å²) in [5, 5.41) is 3.33. The van der Waals surface area contributed by atoms with Crippen LogP contribution in [0.25, 0.3) is 0 Å². The molecule has 0 spiro atoms. The van der Waals surface area contributed by atoms with Gasteiger partial charge in [-0.15, -0.1) is 0 Å². The van der Waals surface area contributed by atoms with E-state index >= 15 is 0 Å². The second-order valence-corrected chi connectivity index (χ2v) is 8.77. The predicted molar refractivity (Wildman–Crippen MR) is 96.9 cm³/mol. The minimum atomic E-state index is -2.92. The molecule has 0 aromatic carbocycles. The molecule has 136 valence electrons. The van der Waals surface area contributed by atoms with Gasteiger partial charge in [0.1, 0.15) is 9.84 Å². The number of aromatic nitrogens is 2. The van der Waals surface area contributed by atoms with Crippen LogP contribution in [-0.2, 0) is 9.84 Å². The number of nitrogens with one attached hydrogen (secondary N) is 1. The summed E-state index contributed by atoms with van der Waals surface area (Å²) >= 11 is 0. The number of hydrogen-bond donors (Lipinski definition) is 1. The number of hydrogen-bond acceptors (Lipinski definition) is 4. The number of likely N-dealkylation sites (tertiary alicyclic amines) is 1. The van der Waals surface area contributed by atoms with Gasteiger partial charge in [0.05, 0.1) is 18.1 Å². The Morgan fingerprint density at radius 1 is 1.46 bits per heavy atom. The van der Waals surface area contributed by atoms with Crippen molar-refractivity contribution in [2.45, 2.75) is 32.7 Å². The summed E-state index contributed by atoms with van der Waals surface area (Å²) < 4.78 is 24.6. The lowest BCUT2D eigenvalue weighted by molar-refractivity contribution is 0.189. The molecule has 8 heteroatoms. The fourth-order valence-electron chi connectivity index (χ4n) is 3.03. The summed E-state index contributed by atoms with van der Waals surface area (Å²) in [6, 6.07) is 0.376. The van der Waals surface area contributed by atoms with E-state index in [-0.39, 0.29) is 5.75 Å². The van der Waals surface area contributed by atoms with Crippen LogP contribution in [0.5, 0.6) is 0 Å². The molecule has 1 aromatic heterocycles. The molecule has 2 unspecified atom stereocenters. The number of guanidine groups is 1. The zero-order valence-corrected chi connectivity index (χ0v) is 15.7. The first-order valence-electron chi connectivity index (χ1n) is 8.59. The third kappa shape index (κ3) is 5.51. The number of piperidine rings is 1. The van der Waals surface area contributed by atoms with Crippen molar-refractivity contribution in [3.8, 4) is 0 Å². The zero-order chi connectivity index (χ0) is 17.6. The SMILES string of the molecule is CCNC(=NCCCS(C)(=O)=O)N1CCC(C)C(n2ccnc2)C1. The molecule has 0 radical (unpaired) electrons. The highest BCUT2D eigenvalue weighted by Gasteiger charge is 2.28. The van der Waals surface area contributed by atoms with Gasteiger partial charge in [0, 0.05) is 44.8 Å². The maximum absolute atomic E-state index is 11.2. The van der Waals surface area contributed by atoms with Gasteiger partial charge in [-0.2, -0.15) is 0 Å². The van der Waals surface area contributed by atoms with Crippen LogP contribution in [0.4, 0.5) is 0 Å². The highest BCUT2D eigenvalue weighted by atomic mass is 32.2. The lowest BCUT2D eigenvalue weighted by Gasteiger charge is -2.39. The Hall–Kier alpha value is -1.57. The number of nitrogens with zero attached hydrogens (tertiary/aromatic N) is 4. The van der Waals surface area contributed by atoms with Crippen LogP contribution in [0.2, 0.25) is 0 Å². The molecule has 1 saturated heterocycles. The van der Waals surface area contributed by atoms with Gasteiger partial charge in [0.2, 0.25) is 0 Å². The molecule has 0 amide bonds. The summed E-state index contributed by atoms with van der Waals surface area (Å²) in [6.07, 6.45) is 8.63. The van der Waals surface area contributed by atoms with E-state index in [1.54, 1.807) is 0 Å². The molecule has 0 saturated carbocycles. The molecule has 1 aromatic rings. The van der Waals surface area contributed by atoms with Crippen molar-refractivity contribution < 1.29 is 8.42 Å². The fourth-order valence-corrected chi connectivity index (χ4v) is 3.69. The van der Waals surface area contributed by atoms with E-state index in [0.29, 0.717) is 24.9 Å². The lowest BCUT2D eigenvalue weighted by atomic mass is 9.93. The molecule has 2 atom stereocenters. The van der Waals surface area contributed by atoms with Gasteiger partial charge in [-0.05, 0) is 25.7 Å². The van der Waals surface area contributed by atoms with Crippen molar-refractivity contribution in [2.75, 3.05) is 38.2 Å². The van der Waals surface area contributed by atoms with E-state index in [1.165, 1.54) is 6.26 Å². The van der Waals surface area contributed by atoms with Crippen LogP contribution in [0, 0.1) is 5.92 Å². The van der Waals surface area contributed by atoms with Gasteiger partial charge in [-0.1, -0.05) is 6.92 Å². The lowest BCUT2D eigenvalue weighted by Crippen LogP contribution is -2.49. The van der Waals surface area contributed by atoms with Crippen LogP contribution >= 0.6 is 0 Å². The van der Waals surface area contributed by atoms with Crippen LogP contribution in [0.3, 0.4) is 0 Å². The van der Waals surface area contributed by atoms with Crippen LogP contribution in [0.15, 0.2) is 23.7 Å². The average Bonchev–Trinajstić information content (AvgIpc) is 3.04. The molecule has 2 rings (SSSR count). The van der Waals surface area contributed by atoms with E-state index in [9.17, 15) is 8.42 Å². The maximum Gasteiger partial charge on any atom is 0.193 e. The molecule has 1 aliphatic rings. The van der Waals surface area contributed by atoms with Crippen molar-refractivity contribution >= 4 is 15.8 Å². The molecule has 7 nitrogen and oxygen atoms in total. The first-order chi connectivity index (χ1) is 11.4. The zero-order valence-electron chi connectivity index (χ0n) is 14.9. The first kappa shape index (κ1) is 18.8.